The fourth-order valence-corrected chi connectivity index (χ4v) is 2.29. The summed E-state index contributed by atoms with van der Waals surface area (Å²) in [5.41, 5.74) is 0.169. The minimum absolute atomic E-state index is 0.103. The Kier molecular flexibility index (Phi) is 4.93. The van der Waals surface area contributed by atoms with Crippen LogP contribution in [0, 0.1) is 0 Å². The predicted molar refractivity (Wildman–Crippen MR) is 78.1 cm³/mol. The molecule has 1 N–H and O–H groups in total. The van der Waals surface area contributed by atoms with Gasteiger partial charge in [0.25, 0.3) is 0 Å². The van der Waals surface area contributed by atoms with E-state index in [4.69, 9.17) is 4.74 Å². The molecule has 1 heterocycles. The minimum Gasteiger partial charge on any atom is -0.388 e. The van der Waals surface area contributed by atoms with E-state index < -0.39 is 5.60 Å². The molecule has 0 aromatic heterocycles. The normalized spacial score (nSPS) is 18.1. The molecule has 20 heavy (non-hydrogen) atoms. The summed E-state index contributed by atoms with van der Waals surface area (Å²) >= 11 is 0. The maximum Gasteiger partial charge on any atom is 0.246 e. The Morgan fingerprint density at radius 3 is 2.65 bits per heavy atom. The molecule has 0 aliphatic carbocycles. The summed E-state index contributed by atoms with van der Waals surface area (Å²) in [6.07, 6.45) is 4.48. The van der Waals surface area contributed by atoms with E-state index in [9.17, 15) is 9.90 Å². The highest BCUT2D eigenvalue weighted by Gasteiger charge is 2.31. The zero-order valence-electron chi connectivity index (χ0n) is 11.8. The zero-order chi connectivity index (χ0) is 14.4. The monoisotopic (exact) mass is 275 g/mol. The van der Waals surface area contributed by atoms with E-state index in [-0.39, 0.29) is 5.91 Å². The first kappa shape index (κ1) is 14.8. The second-order valence-corrected chi connectivity index (χ2v) is 5.28. The van der Waals surface area contributed by atoms with Crippen molar-refractivity contribution in [2.45, 2.75) is 18.4 Å². The fourth-order valence-electron chi connectivity index (χ4n) is 2.29. The van der Waals surface area contributed by atoms with E-state index in [0.717, 1.165) is 5.56 Å². The van der Waals surface area contributed by atoms with E-state index in [2.05, 4.69) is 0 Å². The van der Waals surface area contributed by atoms with Gasteiger partial charge in [-0.25, -0.2) is 0 Å². The summed E-state index contributed by atoms with van der Waals surface area (Å²) in [5, 5.41) is 10.4. The summed E-state index contributed by atoms with van der Waals surface area (Å²) in [6.45, 7) is 1.45. The summed E-state index contributed by atoms with van der Waals surface area (Å²) in [6, 6.07) is 9.68. The Morgan fingerprint density at radius 2 is 2.00 bits per heavy atom. The van der Waals surface area contributed by atoms with Crippen LogP contribution in [0.3, 0.4) is 0 Å². The summed E-state index contributed by atoms with van der Waals surface area (Å²) in [7, 11) is 1.71. The molecule has 0 bridgehead atoms. The molecular weight excluding hydrogens is 254 g/mol. The second kappa shape index (κ2) is 6.68. The van der Waals surface area contributed by atoms with Crippen molar-refractivity contribution in [2.75, 3.05) is 26.8 Å². The second-order valence-electron chi connectivity index (χ2n) is 5.28. The van der Waals surface area contributed by atoms with Gasteiger partial charge >= 0.3 is 0 Å². The topological polar surface area (TPSA) is 49.8 Å². The van der Waals surface area contributed by atoms with Crippen molar-refractivity contribution in [1.82, 2.24) is 4.90 Å². The largest absolute Gasteiger partial charge is 0.388 e. The Labute approximate surface area is 119 Å². The number of rotatable bonds is 4. The number of likely N-dealkylation sites (N-methyl/N-ethyl adjacent to an activating group) is 1. The molecule has 0 saturated carbocycles. The Balaban J connectivity index is 1.90. The van der Waals surface area contributed by atoms with Crippen LogP contribution < -0.4 is 0 Å². The van der Waals surface area contributed by atoms with Crippen molar-refractivity contribution in [1.29, 1.82) is 0 Å². The first-order valence-corrected chi connectivity index (χ1v) is 6.87. The molecule has 4 heteroatoms. The number of nitrogens with zero attached hydrogens (tertiary/aromatic N) is 1. The first-order valence-electron chi connectivity index (χ1n) is 6.87. The highest BCUT2D eigenvalue weighted by molar-refractivity contribution is 5.91. The number of carbonyl (C=O) groups is 1. The number of aliphatic hydroxyl groups is 1. The molecule has 108 valence electrons. The van der Waals surface area contributed by atoms with Crippen LogP contribution in [0.4, 0.5) is 0 Å². The number of ether oxygens (including phenoxy) is 1. The lowest BCUT2D eigenvalue weighted by molar-refractivity contribution is -0.131. The first-order chi connectivity index (χ1) is 9.59. The Bertz CT molecular complexity index is 464. The van der Waals surface area contributed by atoms with Crippen LogP contribution in [-0.4, -0.2) is 48.3 Å². The third-order valence-corrected chi connectivity index (χ3v) is 3.55. The van der Waals surface area contributed by atoms with Gasteiger partial charge in [0.05, 0.1) is 5.60 Å². The number of benzene rings is 1. The molecule has 0 atom stereocenters. The number of hydrogen-bond acceptors (Lipinski definition) is 3. The third kappa shape index (κ3) is 4.18. The van der Waals surface area contributed by atoms with Crippen LogP contribution in [0.2, 0.25) is 0 Å². The van der Waals surface area contributed by atoms with Crippen LogP contribution in [0.5, 0.6) is 0 Å². The molecule has 1 fully saturated rings. The number of carbonyl (C=O) groups excluding carboxylic acids is 1. The molecule has 1 aromatic carbocycles. The van der Waals surface area contributed by atoms with Crippen molar-refractivity contribution in [3.05, 3.63) is 42.0 Å². The molecule has 4 nitrogen and oxygen atoms in total. The molecule has 2 rings (SSSR count). The molecule has 1 aliphatic heterocycles. The highest BCUT2D eigenvalue weighted by atomic mass is 16.5. The summed E-state index contributed by atoms with van der Waals surface area (Å²) < 4.78 is 5.23. The summed E-state index contributed by atoms with van der Waals surface area (Å²) in [4.78, 5) is 13.6. The number of hydrogen-bond donors (Lipinski definition) is 1. The average molecular weight is 275 g/mol. The van der Waals surface area contributed by atoms with Gasteiger partial charge in [0.2, 0.25) is 5.91 Å². The van der Waals surface area contributed by atoms with E-state index in [1.807, 2.05) is 30.3 Å². The molecule has 1 aromatic rings. The lowest BCUT2D eigenvalue weighted by Crippen LogP contribution is -2.47. The lowest BCUT2D eigenvalue weighted by atomic mass is 9.94. The van der Waals surface area contributed by atoms with Gasteiger partial charge in [-0.15, -0.1) is 0 Å². The Morgan fingerprint density at radius 1 is 1.35 bits per heavy atom. The quantitative estimate of drug-likeness (QED) is 0.851. The lowest BCUT2D eigenvalue weighted by Gasteiger charge is -2.35. The fraction of sp³-hybridized carbons (Fsp3) is 0.438. The molecule has 0 spiro atoms. The van der Waals surface area contributed by atoms with Gasteiger partial charge in [-0.1, -0.05) is 30.3 Å². The molecule has 0 radical (unpaired) electrons. The van der Waals surface area contributed by atoms with Gasteiger partial charge in [0.15, 0.2) is 0 Å². The van der Waals surface area contributed by atoms with Gasteiger partial charge in [-0.2, -0.15) is 0 Å². The maximum atomic E-state index is 12.0. The Hall–Kier alpha value is -1.65. The van der Waals surface area contributed by atoms with E-state index in [0.29, 0.717) is 32.6 Å². The van der Waals surface area contributed by atoms with E-state index in [1.165, 1.54) is 6.08 Å². The van der Waals surface area contributed by atoms with Crippen molar-refractivity contribution in [3.63, 3.8) is 0 Å². The van der Waals surface area contributed by atoms with Gasteiger partial charge in [0.1, 0.15) is 0 Å². The third-order valence-electron chi connectivity index (χ3n) is 3.55. The number of amides is 1. The van der Waals surface area contributed by atoms with Crippen LogP contribution in [-0.2, 0) is 9.53 Å². The van der Waals surface area contributed by atoms with Gasteiger partial charge < -0.3 is 14.7 Å². The van der Waals surface area contributed by atoms with Crippen LogP contribution in [0.15, 0.2) is 36.4 Å². The van der Waals surface area contributed by atoms with E-state index in [1.54, 1.807) is 18.0 Å². The van der Waals surface area contributed by atoms with Gasteiger partial charge in [0, 0.05) is 45.7 Å². The predicted octanol–water partition coefficient (Wildman–Crippen LogP) is 1.70. The van der Waals surface area contributed by atoms with Crippen LogP contribution in [0.1, 0.15) is 18.4 Å². The minimum atomic E-state index is -0.816. The van der Waals surface area contributed by atoms with Crippen molar-refractivity contribution < 1.29 is 14.6 Å². The smallest absolute Gasteiger partial charge is 0.246 e. The van der Waals surface area contributed by atoms with Gasteiger partial charge in [-0.3, -0.25) is 4.79 Å². The van der Waals surface area contributed by atoms with Crippen LogP contribution in [0.25, 0.3) is 6.08 Å². The average Bonchev–Trinajstić information content (AvgIpc) is 2.46. The van der Waals surface area contributed by atoms with Crippen LogP contribution >= 0.6 is 0 Å². The standard InChI is InChI=1S/C16H21NO3/c1-17(13-16(19)9-11-20-12-10-16)15(18)8-7-14-5-3-2-4-6-14/h2-8,19H,9-13H2,1H3/b8-7+. The summed E-state index contributed by atoms with van der Waals surface area (Å²) in [5.74, 6) is -0.103. The molecule has 1 amide bonds. The van der Waals surface area contributed by atoms with E-state index >= 15 is 0 Å². The zero-order valence-corrected chi connectivity index (χ0v) is 11.8. The SMILES string of the molecule is CN(CC1(O)CCOCC1)C(=O)/C=C/c1ccccc1. The van der Waals surface area contributed by atoms with Crippen molar-refractivity contribution in [3.8, 4) is 0 Å². The van der Waals surface area contributed by atoms with Crippen molar-refractivity contribution >= 4 is 12.0 Å². The molecular formula is C16H21NO3. The van der Waals surface area contributed by atoms with Crippen molar-refractivity contribution in [2.24, 2.45) is 0 Å². The molecule has 0 unspecified atom stereocenters. The van der Waals surface area contributed by atoms with Gasteiger partial charge in [-0.05, 0) is 11.6 Å². The maximum absolute atomic E-state index is 12.0. The highest BCUT2D eigenvalue weighted by Crippen LogP contribution is 2.21. The molecule has 1 aliphatic rings. The molecule has 1 saturated heterocycles.